The Morgan fingerprint density at radius 3 is 2.81 bits per heavy atom. The average Bonchev–Trinajstić information content (AvgIpc) is 3.51. The Balaban J connectivity index is 1.40. The van der Waals surface area contributed by atoms with E-state index in [-0.39, 0.29) is 12.0 Å². The standard InChI is InChI=1S/C21H26N4O2/c1-3-25-14-17(27-19-7-5-4-6-18(19)25)13-24(2)20-11-8-15(12-22-20)21(26)23-16-9-10-16/h4-8,11-12,16-17H,3,9-10,13-14H2,1-2H3,(H,23,26). The molecule has 4 rings (SSSR count). The lowest BCUT2D eigenvalue weighted by Crippen LogP contribution is -2.45. The third-order valence-electron chi connectivity index (χ3n) is 5.10. The lowest BCUT2D eigenvalue weighted by molar-refractivity contribution is 0.0950. The molecule has 0 radical (unpaired) electrons. The van der Waals surface area contributed by atoms with Gasteiger partial charge in [0.2, 0.25) is 0 Å². The van der Waals surface area contributed by atoms with Crippen LogP contribution in [-0.4, -0.2) is 49.7 Å². The van der Waals surface area contributed by atoms with E-state index < -0.39 is 0 Å². The maximum Gasteiger partial charge on any atom is 0.253 e. The fourth-order valence-electron chi connectivity index (χ4n) is 3.42. The Morgan fingerprint density at radius 1 is 1.30 bits per heavy atom. The summed E-state index contributed by atoms with van der Waals surface area (Å²) in [6.07, 6.45) is 3.88. The summed E-state index contributed by atoms with van der Waals surface area (Å²) in [5.74, 6) is 1.73. The van der Waals surface area contributed by atoms with Crippen LogP contribution < -0.4 is 19.9 Å². The number of carbonyl (C=O) groups is 1. The van der Waals surface area contributed by atoms with Gasteiger partial charge in [-0.2, -0.15) is 0 Å². The van der Waals surface area contributed by atoms with Gasteiger partial charge in [-0.1, -0.05) is 12.1 Å². The van der Waals surface area contributed by atoms with Gasteiger partial charge in [0.05, 0.1) is 24.3 Å². The monoisotopic (exact) mass is 366 g/mol. The van der Waals surface area contributed by atoms with Crippen LogP contribution in [0, 0.1) is 0 Å². The van der Waals surface area contributed by atoms with Crippen LogP contribution in [0.2, 0.25) is 0 Å². The van der Waals surface area contributed by atoms with Crippen LogP contribution in [0.4, 0.5) is 11.5 Å². The molecule has 6 heteroatoms. The fourth-order valence-corrected chi connectivity index (χ4v) is 3.42. The molecule has 1 aliphatic carbocycles. The van der Waals surface area contributed by atoms with Crippen molar-refractivity contribution < 1.29 is 9.53 Å². The maximum atomic E-state index is 12.1. The van der Waals surface area contributed by atoms with Crippen molar-refractivity contribution in [2.24, 2.45) is 0 Å². The van der Waals surface area contributed by atoms with E-state index in [4.69, 9.17) is 4.74 Å². The van der Waals surface area contributed by atoms with E-state index >= 15 is 0 Å². The zero-order valence-electron chi connectivity index (χ0n) is 15.9. The van der Waals surface area contributed by atoms with Crippen molar-refractivity contribution in [2.45, 2.75) is 31.9 Å². The van der Waals surface area contributed by atoms with E-state index in [1.54, 1.807) is 6.20 Å². The number of likely N-dealkylation sites (N-methyl/N-ethyl adjacent to an activating group) is 2. The van der Waals surface area contributed by atoms with Gasteiger partial charge in [-0.15, -0.1) is 0 Å². The van der Waals surface area contributed by atoms with Crippen molar-refractivity contribution in [3.8, 4) is 5.75 Å². The van der Waals surface area contributed by atoms with Gasteiger partial charge in [-0.05, 0) is 44.0 Å². The summed E-state index contributed by atoms with van der Waals surface area (Å²) >= 11 is 0. The van der Waals surface area contributed by atoms with Gasteiger partial charge in [0, 0.05) is 25.8 Å². The fraction of sp³-hybridized carbons (Fsp3) is 0.429. The highest BCUT2D eigenvalue weighted by molar-refractivity contribution is 5.94. The lowest BCUT2D eigenvalue weighted by Gasteiger charge is -2.37. The smallest absolute Gasteiger partial charge is 0.253 e. The molecule has 27 heavy (non-hydrogen) atoms. The number of rotatable bonds is 6. The number of amides is 1. The van der Waals surface area contributed by atoms with Crippen molar-refractivity contribution in [2.75, 3.05) is 36.5 Å². The zero-order chi connectivity index (χ0) is 18.8. The van der Waals surface area contributed by atoms with Gasteiger partial charge in [-0.3, -0.25) is 4.79 Å². The Hall–Kier alpha value is -2.76. The van der Waals surface area contributed by atoms with Gasteiger partial charge in [0.25, 0.3) is 5.91 Å². The van der Waals surface area contributed by atoms with E-state index in [1.165, 1.54) is 0 Å². The number of carbonyl (C=O) groups excluding carboxylic acids is 1. The van der Waals surface area contributed by atoms with E-state index in [9.17, 15) is 4.79 Å². The molecule has 1 saturated carbocycles. The predicted octanol–water partition coefficient (Wildman–Crippen LogP) is 2.70. The number of benzene rings is 1. The third kappa shape index (κ3) is 3.99. The summed E-state index contributed by atoms with van der Waals surface area (Å²) in [6, 6.07) is 12.3. The topological polar surface area (TPSA) is 57.7 Å². The second kappa shape index (κ2) is 7.47. The first-order valence-electron chi connectivity index (χ1n) is 9.62. The Morgan fingerprint density at radius 2 is 2.11 bits per heavy atom. The summed E-state index contributed by atoms with van der Waals surface area (Å²) < 4.78 is 6.19. The van der Waals surface area contributed by atoms with Crippen LogP contribution in [0.5, 0.6) is 5.75 Å². The minimum absolute atomic E-state index is 0.0370. The molecule has 1 N–H and O–H groups in total. The molecule has 1 atom stereocenters. The summed E-state index contributed by atoms with van der Waals surface area (Å²) in [7, 11) is 2.01. The van der Waals surface area contributed by atoms with Crippen LogP contribution in [0.25, 0.3) is 0 Å². The quantitative estimate of drug-likeness (QED) is 0.852. The largest absolute Gasteiger partial charge is 0.485 e. The number of para-hydroxylation sites is 2. The first-order valence-corrected chi connectivity index (χ1v) is 9.62. The second-order valence-electron chi connectivity index (χ2n) is 7.28. The van der Waals surface area contributed by atoms with E-state index in [0.29, 0.717) is 11.6 Å². The van der Waals surface area contributed by atoms with Crippen molar-refractivity contribution in [3.63, 3.8) is 0 Å². The minimum Gasteiger partial charge on any atom is -0.485 e. The number of aromatic nitrogens is 1. The molecule has 2 aromatic rings. The Bertz CT molecular complexity index is 804. The number of hydrogen-bond donors (Lipinski definition) is 1. The number of anilines is 2. The van der Waals surface area contributed by atoms with Crippen molar-refractivity contribution >= 4 is 17.4 Å². The molecule has 1 aliphatic heterocycles. The average molecular weight is 366 g/mol. The van der Waals surface area contributed by atoms with Crippen LogP contribution in [-0.2, 0) is 0 Å². The lowest BCUT2D eigenvalue weighted by atomic mass is 10.2. The zero-order valence-corrected chi connectivity index (χ0v) is 15.9. The van der Waals surface area contributed by atoms with Gasteiger partial charge in [-0.25, -0.2) is 4.98 Å². The Labute approximate surface area is 160 Å². The highest BCUT2D eigenvalue weighted by Gasteiger charge is 2.26. The molecule has 1 aromatic heterocycles. The number of hydrogen-bond acceptors (Lipinski definition) is 5. The van der Waals surface area contributed by atoms with Crippen molar-refractivity contribution in [1.29, 1.82) is 0 Å². The molecule has 1 unspecified atom stereocenters. The number of nitrogens with zero attached hydrogens (tertiary/aromatic N) is 3. The SMILES string of the molecule is CCN1CC(CN(C)c2ccc(C(=O)NC3CC3)cn2)Oc2ccccc21. The van der Waals surface area contributed by atoms with Crippen molar-refractivity contribution in [1.82, 2.24) is 10.3 Å². The maximum absolute atomic E-state index is 12.1. The van der Waals surface area contributed by atoms with Crippen LogP contribution >= 0.6 is 0 Å². The van der Waals surface area contributed by atoms with Crippen LogP contribution in [0.1, 0.15) is 30.1 Å². The molecule has 0 saturated heterocycles. The predicted molar refractivity (Wildman–Crippen MR) is 107 cm³/mol. The summed E-state index contributed by atoms with van der Waals surface area (Å²) in [6.45, 7) is 4.69. The normalized spacial score (nSPS) is 18.4. The number of fused-ring (bicyclic) bond motifs is 1. The molecule has 6 nitrogen and oxygen atoms in total. The number of nitrogens with one attached hydrogen (secondary N) is 1. The molecule has 0 spiro atoms. The molecule has 0 bridgehead atoms. The number of pyridine rings is 1. The molecule has 2 heterocycles. The van der Waals surface area contributed by atoms with Crippen LogP contribution in [0.15, 0.2) is 42.6 Å². The highest BCUT2D eigenvalue weighted by atomic mass is 16.5. The second-order valence-corrected chi connectivity index (χ2v) is 7.28. The molecular weight excluding hydrogens is 340 g/mol. The molecule has 2 aliphatic rings. The van der Waals surface area contributed by atoms with Crippen molar-refractivity contribution in [3.05, 3.63) is 48.2 Å². The van der Waals surface area contributed by atoms with E-state index in [2.05, 4.69) is 33.1 Å². The van der Waals surface area contributed by atoms with E-state index in [0.717, 1.165) is 49.7 Å². The molecule has 142 valence electrons. The molecule has 1 aromatic carbocycles. The third-order valence-corrected chi connectivity index (χ3v) is 5.10. The highest BCUT2D eigenvalue weighted by Crippen LogP contribution is 2.33. The van der Waals surface area contributed by atoms with Gasteiger partial charge in [0.1, 0.15) is 17.7 Å². The number of ether oxygens (including phenoxy) is 1. The van der Waals surface area contributed by atoms with Gasteiger partial charge in [0.15, 0.2) is 0 Å². The first kappa shape index (κ1) is 17.6. The Kier molecular flexibility index (Phi) is 4.88. The summed E-state index contributed by atoms with van der Waals surface area (Å²) in [5.41, 5.74) is 1.77. The van der Waals surface area contributed by atoms with E-state index in [1.807, 2.05) is 37.4 Å². The minimum atomic E-state index is -0.0370. The molecular formula is C21H26N4O2. The van der Waals surface area contributed by atoms with Crippen LogP contribution in [0.3, 0.4) is 0 Å². The van der Waals surface area contributed by atoms with Gasteiger partial charge < -0.3 is 19.9 Å². The first-order chi connectivity index (χ1) is 13.1. The summed E-state index contributed by atoms with van der Waals surface area (Å²) in [5, 5.41) is 2.99. The van der Waals surface area contributed by atoms with Gasteiger partial charge >= 0.3 is 0 Å². The summed E-state index contributed by atoms with van der Waals surface area (Å²) in [4.78, 5) is 21.0. The molecule has 1 amide bonds. The molecule has 1 fully saturated rings.